The second kappa shape index (κ2) is 7.58. The Hall–Kier alpha value is -2.62. The number of hydrogen-bond acceptors (Lipinski definition) is 3. The minimum Gasteiger partial charge on any atom is -0.484 e. The summed E-state index contributed by atoms with van der Waals surface area (Å²) in [7, 11) is 0. The Morgan fingerprint density at radius 3 is 2.57 bits per heavy atom. The first-order valence-electron chi connectivity index (χ1n) is 7.63. The predicted octanol–water partition coefficient (Wildman–Crippen LogP) is 3.78. The summed E-state index contributed by atoms with van der Waals surface area (Å²) >= 11 is 0. The van der Waals surface area contributed by atoms with Crippen molar-refractivity contribution in [1.82, 2.24) is 0 Å². The van der Waals surface area contributed by atoms with E-state index in [1.807, 2.05) is 32.0 Å². The number of carbonyl (C=O) groups is 2. The summed E-state index contributed by atoms with van der Waals surface area (Å²) in [5, 5.41) is 2.91. The summed E-state index contributed by atoms with van der Waals surface area (Å²) < 4.78 is 5.48. The van der Waals surface area contributed by atoms with Gasteiger partial charge in [0.1, 0.15) is 5.75 Å². The zero-order chi connectivity index (χ0) is 16.8. The molecule has 0 saturated heterocycles. The number of hydrogen-bond donors (Lipinski definition) is 1. The molecule has 0 atom stereocenters. The first-order chi connectivity index (χ1) is 11.0. The molecule has 0 spiro atoms. The van der Waals surface area contributed by atoms with Crippen molar-refractivity contribution in [3.63, 3.8) is 0 Å². The van der Waals surface area contributed by atoms with E-state index >= 15 is 0 Å². The minimum atomic E-state index is -0.220. The van der Waals surface area contributed by atoms with E-state index in [1.165, 1.54) is 6.92 Å². The molecule has 0 heterocycles. The van der Waals surface area contributed by atoms with Gasteiger partial charge >= 0.3 is 0 Å². The highest BCUT2D eigenvalue weighted by Crippen LogP contribution is 2.21. The summed E-state index contributed by atoms with van der Waals surface area (Å²) in [4.78, 5) is 23.5. The molecule has 1 amide bonds. The molecule has 4 heteroatoms. The molecule has 0 fully saturated rings. The van der Waals surface area contributed by atoms with Crippen LogP contribution in [0, 0.1) is 6.92 Å². The molecule has 0 bridgehead atoms. The van der Waals surface area contributed by atoms with Crippen molar-refractivity contribution in [1.29, 1.82) is 0 Å². The van der Waals surface area contributed by atoms with Gasteiger partial charge in [-0.25, -0.2) is 0 Å². The van der Waals surface area contributed by atoms with Gasteiger partial charge in [0.2, 0.25) is 0 Å². The zero-order valence-corrected chi connectivity index (χ0v) is 13.7. The molecular weight excluding hydrogens is 290 g/mol. The molecule has 0 aliphatic heterocycles. The van der Waals surface area contributed by atoms with E-state index in [1.54, 1.807) is 24.3 Å². The van der Waals surface area contributed by atoms with Crippen molar-refractivity contribution >= 4 is 17.4 Å². The zero-order valence-electron chi connectivity index (χ0n) is 13.7. The molecule has 2 aromatic carbocycles. The normalized spacial score (nSPS) is 10.2. The van der Waals surface area contributed by atoms with Gasteiger partial charge in [-0.3, -0.25) is 9.59 Å². The molecule has 2 rings (SSSR count). The molecule has 0 aromatic heterocycles. The van der Waals surface area contributed by atoms with E-state index in [4.69, 9.17) is 4.74 Å². The Morgan fingerprint density at radius 1 is 1.13 bits per heavy atom. The van der Waals surface area contributed by atoms with Crippen LogP contribution in [0.5, 0.6) is 5.75 Å². The number of aryl methyl sites for hydroxylation is 2. The third-order valence-electron chi connectivity index (χ3n) is 3.61. The highest BCUT2D eigenvalue weighted by Gasteiger charge is 2.10. The monoisotopic (exact) mass is 311 g/mol. The number of Topliss-reactive ketones (excluding diaryl/α,β-unsaturated/α-hetero) is 1. The smallest absolute Gasteiger partial charge is 0.262 e. The first kappa shape index (κ1) is 16.7. The van der Waals surface area contributed by atoms with Gasteiger partial charge in [0, 0.05) is 11.3 Å². The highest BCUT2D eigenvalue weighted by molar-refractivity contribution is 5.95. The Balaban J connectivity index is 2.01. The lowest BCUT2D eigenvalue weighted by atomic mass is 10.1. The number of carbonyl (C=O) groups excluding carboxylic acids is 2. The molecule has 4 nitrogen and oxygen atoms in total. The molecular formula is C19H21NO3. The standard InChI is InChI=1S/C19H21NO3/c1-4-15-8-5-7-13(2)19(15)20-18(22)12-23-17-10-6-9-16(11-17)14(3)21/h5-11H,4,12H2,1-3H3,(H,20,22). The fourth-order valence-corrected chi connectivity index (χ4v) is 2.33. The maximum atomic E-state index is 12.1. The van der Waals surface area contributed by atoms with Crippen molar-refractivity contribution in [3.05, 3.63) is 59.2 Å². The summed E-state index contributed by atoms with van der Waals surface area (Å²) in [5.74, 6) is 0.253. The fourth-order valence-electron chi connectivity index (χ4n) is 2.33. The van der Waals surface area contributed by atoms with Crippen molar-refractivity contribution < 1.29 is 14.3 Å². The molecule has 120 valence electrons. The number of ether oxygens (including phenoxy) is 1. The van der Waals surface area contributed by atoms with Crippen LogP contribution >= 0.6 is 0 Å². The van der Waals surface area contributed by atoms with E-state index in [9.17, 15) is 9.59 Å². The Labute approximate surface area is 136 Å². The molecule has 0 aliphatic carbocycles. The number of nitrogens with one attached hydrogen (secondary N) is 1. The van der Waals surface area contributed by atoms with Gasteiger partial charge in [-0.15, -0.1) is 0 Å². The van der Waals surface area contributed by atoms with E-state index in [2.05, 4.69) is 5.32 Å². The number of rotatable bonds is 6. The van der Waals surface area contributed by atoms with Crippen LogP contribution < -0.4 is 10.1 Å². The van der Waals surface area contributed by atoms with E-state index in [0.717, 1.165) is 23.2 Å². The van der Waals surface area contributed by atoms with Gasteiger partial charge in [0.05, 0.1) is 0 Å². The Bertz CT molecular complexity index is 722. The predicted molar refractivity (Wildman–Crippen MR) is 91.1 cm³/mol. The summed E-state index contributed by atoms with van der Waals surface area (Å²) in [6.45, 7) is 5.41. The van der Waals surface area contributed by atoms with E-state index < -0.39 is 0 Å². The second-order valence-corrected chi connectivity index (χ2v) is 5.38. The molecule has 0 aliphatic rings. The number of amides is 1. The van der Waals surface area contributed by atoms with Crippen LogP contribution in [-0.4, -0.2) is 18.3 Å². The van der Waals surface area contributed by atoms with Gasteiger partial charge in [0.15, 0.2) is 12.4 Å². The number of para-hydroxylation sites is 1. The average molecular weight is 311 g/mol. The van der Waals surface area contributed by atoms with Crippen LogP contribution in [0.1, 0.15) is 35.3 Å². The van der Waals surface area contributed by atoms with Crippen LogP contribution in [0.3, 0.4) is 0 Å². The second-order valence-electron chi connectivity index (χ2n) is 5.38. The van der Waals surface area contributed by atoms with Crippen molar-refractivity contribution in [3.8, 4) is 5.75 Å². The van der Waals surface area contributed by atoms with Gasteiger partial charge in [-0.2, -0.15) is 0 Å². The van der Waals surface area contributed by atoms with Crippen molar-refractivity contribution in [2.24, 2.45) is 0 Å². The van der Waals surface area contributed by atoms with Gasteiger partial charge < -0.3 is 10.1 Å². The van der Waals surface area contributed by atoms with Crippen molar-refractivity contribution in [2.45, 2.75) is 27.2 Å². The fraction of sp³-hybridized carbons (Fsp3) is 0.263. The molecule has 0 unspecified atom stereocenters. The van der Waals surface area contributed by atoms with Gasteiger partial charge in [-0.1, -0.05) is 37.3 Å². The van der Waals surface area contributed by atoms with Crippen LogP contribution in [0.25, 0.3) is 0 Å². The lowest BCUT2D eigenvalue weighted by Crippen LogP contribution is -2.21. The van der Waals surface area contributed by atoms with Crippen LogP contribution in [0.2, 0.25) is 0 Å². The van der Waals surface area contributed by atoms with E-state index in [-0.39, 0.29) is 18.3 Å². The topological polar surface area (TPSA) is 55.4 Å². The van der Waals surface area contributed by atoms with Crippen LogP contribution in [0.15, 0.2) is 42.5 Å². The first-order valence-corrected chi connectivity index (χ1v) is 7.63. The van der Waals surface area contributed by atoms with Crippen LogP contribution in [0.4, 0.5) is 5.69 Å². The van der Waals surface area contributed by atoms with Gasteiger partial charge in [0.25, 0.3) is 5.91 Å². The van der Waals surface area contributed by atoms with Crippen LogP contribution in [-0.2, 0) is 11.2 Å². The molecule has 1 N–H and O–H groups in total. The van der Waals surface area contributed by atoms with E-state index in [0.29, 0.717) is 11.3 Å². The quantitative estimate of drug-likeness (QED) is 0.826. The average Bonchev–Trinajstić information content (AvgIpc) is 2.55. The summed E-state index contributed by atoms with van der Waals surface area (Å²) in [6, 6.07) is 12.8. The number of anilines is 1. The lowest BCUT2D eigenvalue weighted by Gasteiger charge is -2.13. The SMILES string of the molecule is CCc1cccc(C)c1NC(=O)COc1cccc(C(C)=O)c1. The Morgan fingerprint density at radius 2 is 1.87 bits per heavy atom. The molecule has 2 aromatic rings. The third kappa shape index (κ3) is 4.42. The minimum absolute atomic E-state index is 0.0348. The number of ketones is 1. The number of benzene rings is 2. The van der Waals surface area contributed by atoms with Gasteiger partial charge in [-0.05, 0) is 43.5 Å². The summed E-state index contributed by atoms with van der Waals surface area (Å²) in [5.41, 5.74) is 3.53. The van der Waals surface area contributed by atoms with Crippen molar-refractivity contribution in [2.75, 3.05) is 11.9 Å². The lowest BCUT2D eigenvalue weighted by molar-refractivity contribution is -0.118. The maximum absolute atomic E-state index is 12.1. The molecule has 0 radical (unpaired) electrons. The summed E-state index contributed by atoms with van der Waals surface area (Å²) in [6.07, 6.45) is 0.846. The third-order valence-corrected chi connectivity index (χ3v) is 3.61. The molecule has 0 saturated carbocycles. The largest absolute Gasteiger partial charge is 0.484 e. The highest BCUT2D eigenvalue weighted by atomic mass is 16.5. The maximum Gasteiger partial charge on any atom is 0.262 e. The molecule has 23 heavy (non-hydrogen) atoms. The Kier molecular flexibility index (Phi) is 5.52.